The van der Waals surface area contributed by atoms with Gasteiger partial charge >= 0.3 is 0 Å². The van der Waals surface area contributed by atoms with E-state index in [4.69, 9.17) is 4.74 Å². The Bertz CT molecular complexity index is 1020. The molecule has 0 atom stereocenters. The normalized spacial score (nSPS) is 16.7. The van der Waals surface area contributed by atoms with Crippen molar-refractivity contribution < 1.29 is 14.3 Å². The third-order valence-electron chi connectivity index (χ3n) is 6.52. The Labute approximate surface area is 188 Å². The molecule has 0 spiro atoms. The molecule has 7 nitrogen and oxygen atoms in total. The second-order valence-corrected chi connectivity index (χ2v) is 8.68. The van der Waals surface area contributed by atoms with Crippen LogP contribution in [0.3, 0.4) is 0 Å². The molecule has 2 heterocycles. The van der Waals surface area contributed by atoms with Crippen LogP contribution in [0.5, 0.6) is 5.75 Å². The molecule has 2 fully saturated rings. The number of carbonyl (C=O) groups is 2. The number of nitrogens with one attached hydrogen (secondary N) is 1. The van der Waals surface area contributed by atoms with E-state index in [1.807, 2.05) is 28.8 Å². The van der Waals surface area contributed by atoms with Crippen molar-refractivity contribution in [3.63, 3.8) is 0 Å². The fourth-order valence-electron chi connectivity index (χ4n) is 4.61. The van der Waals surface area contributed by atoms with Crippen molar-refractivity contribution in [3.8, 4) is 5.75 Å². The molecular weight excluding hydrogens is 406 g/mol. The van der Waals surface area contributed by atoms with E-state index in [1.165, 1.54) is 6.42 Å². The maximum atomic E-state index is 13.2. The average Bonchev–Trinajstić information content (AvgIpc) is 3.38. The van der Waals surface area contributed by atoms with E-state index in [0.717, 1.165) is 49.8 Å². The minimum atomic E-state index is -0.485. The van der Waals surface area contributed by atoms with Gasteiger partial charge in [-0.05, 0) is 43.4 Å². The summed E-state index contributed by atoms with van der Waals surface area (Å²) in [6, 6.07) is 7.60. The number of methoxy groups -OCH3 is 1. The van der Waals surface area contributed by atoms with E-state index in [9.17, 15) is 14.4 Å². The molecule has 1 aromatic carbocycles. The summed E-state index contributed by atoms with van der Waals surface area (Å²) in [6.45, 7) is 1.61. The monoisotopic (exact) mass is 437 g/mol. The zero-order valence-corrected chi connectivity index (χ0v) is 18.6. The largest absolute Gasteiger partial charge is 0.497 e. The molecule has 2 aliphatic rings. The minimum Gasteiger partial charge on any atom is -0.497 e. The molecule has 1 saturated carbocycles. The smallest absolute Gasteiger partial charge is 0.259 e. The van der Waals surface area contributed by atoms with Crippen molar-refractivity contribution in [1.82, 2.24) is 14.8 Å². The Morgan fingerprint density at radius 2 is 1.62 bits per heavy atom. The summed E-state index contributed by atoms with van der Waals surface area (Å²) in [5.41, 5.74) is 0.556. The van der Waals surface area contributed by atoms with E-state index in [-0.39, 0.29) is 29.6 Å². The van der Waals surface area contributed by atoms with Crippen LogP contribution in [0, 0.1) is 0 Å². The van der Waals surface area contributed by atoms with Gasteiger partial charge in [-0.1, -0.05) is 31.4 Å². The van der Waals surface area contributed by atoms with Gasteiger partial charge in [-0.25, -0.2) is 0 Å². The van der Waals surface area contributed by atoms with Crippen LogP contribution in [0.4, 0.5) is 0 Å². The first kappa shape index (κ1) is 22.1. The lowest BCUT2D eigenvalue weighted by Crippen LogP contribution is -2.37. The van der Waals surface area contributed by atoms with Gasteiger partial charge in [-0.2, -0.15) is 0 Å². The molecular formula is C25H31N3O4. The van der Waals surface area contributed by atoms with Gasteiger partial charge in [-0.15, -0.1) is 0 Å². The summed E-state index contributed by atoms with van der Waals surface area (Å²) >= 11 is 0. The molecule has 1 aromatic heterocycles. The predicted octanol–water partition coefficient (Wildman–Crippen LogP) is 3.53. The third kappa shape index (κ3) is 4.87. The van der Waals surface area contributed by atoms with Gasteiger partial charge in [0.1, 0.15) is 16.9 Å². The average molecular weight is 438 g/mol. The number of rotatable bonds is 6. The highest BCUT2D eigenvalue weighted by Crippen LogP contribution is 2.28. The highest BCUT2D eigenvalue weighted by atomic mass is 16.5. The Morgan fingerprint density at radius 1 is 0.969 bits per heavy atom. The van der Waals surface area contributed by atoms with Crippen LogP contribution in [-0.4, -0.2) is 41.5 Å². The van der Waals surface area contributed by atoms with Gasteiger partial charge in [0.25, 0.3) is 11.8 Å². The molecule has 1 saturated heterocycles. The number of carbonyl (C=O) groups excluding carboxylic acids is 2. The molecule has 1 aliphatic heterocycles. The number of aromatic nitrogens is 1. The van der Waals surface area contributed by atoms with Crippen LogP contribution in [0.2, 0.25) is 0 Å². The van der Waals surface area contributed by atoms with E-state index >= 15 is 0 Å². The zero-order chi connectivity index (χ0) is 22.5. The highest BCUT2D eigenvalue weighted by Gasteiger charge is 2.26. The van der Waals surface area contributed by atoms with Gasteiger partial charge < -0.3 is 19.5 Å². The first-order chi connectivity index (χ1) is 15.6. The zero-order valence-electron chi connectivity index (χ0n) is 18.6. The summed E-state index contributed by atoms with van der Waals surface area (Å²) in [6.07, 6.45) is 10.6. The molecule has 2 aromatic rings. The van der Waals surface area contributed by atoms with Crippen LogP contribution in [-0.2, 0) is 6.54 Å². The minimum absolute atomic E-state index is 0.0362. The summed E-state index contributed by atoms with van der Waals surface area (Å²) < 4.78 is 7.10. The molecule has 0 unspecified atom stereocenters. The van der Waals surface area contributed by atoms with Gasteiger partial charge in [0.15, 0.2) is 0 Å². The van der Waals surface area contributed by atoms with Crippen LogP contribution < -0.4 is 15.5 Å². The first-order valence-electron chi connectivity index (χ1n) is 11.5. The van der Waals surface area contributed by atoms with Gasteiger partial charge in [0.05, 0.1) is 7.11 Å². The van der Waals surface area contributed by atoms with Crippen molar-refractivity contribution in [2.24, 2.45) is 0 Å². The lowest BCUT2D eigenvalue weighted by Gasteiger charge is -2.26. The number of likely N-dealkylation sites (tertiary alicyclic amines) is 1. The molecule has 0 radical (unpaired) electrons. The number of ether oxygens (including phenoxy) is 1. The predicted molar refractivity (Wildman–Crippen MR) is 122 cm³/mol. The van der Waals surface area contributed by atoms with E-state index in [0.29, 0.717) is 13.1 Å². The number of pyridine rings is 1. The maximum absolute atomic E-state index is 13.2. The summed E-state index contributed by atoms with van der Waals surface area (Å²) in [7, 11) is 1.60. The molecule has 170 valence electrons. The number of amides is 2. The van der Waals surface area contributed by atoms with E-state index < -0.39 is 11.3 Å². The van der Waals surface area contributed by atoms with Gasteiger partial charge in [-0.3, -0.25) is 14.4 Å². The van der Waals surface area contributed by atoms with Crippen LogP contribution in [0.25, 0.3) is 0 Å². The molecule has 4 rings (SSSR count). The van der Waals surface area contributed by atoms with Crippen molar-refractivity contribution in [3.05, 3.63) is 63.6 Å². The highest BCUT2D eigenvalue weighted by molar-refractivity contribution is 5.99. The molecule has 7 heteroatoms. The second kappa shape index (κ2) is 10.0. The fraction of sp³-hybridized carbons (Fsp3) is 0.480. The number of hydrogen-bond acceptors (Lipinski definition) is 4. The number of nitrogens with zero attached hydrogens (tertiary/aromatic N) is 2. The van der Waals surface area contributed by atoms with Crippen LogP contribution in [0.1, 0.15) is 77.3 Å². The fourth-order valence-corrected chi connectivity index (χ4v) is 4.61. The lowest BCUT2D eigenvalue weighted by molar-refractivity contribution is 0.0790. The number of benzene rings is 1. The van der Waals surface area contributed by atoms with E-state index in [2.05, 4.69) is 5.32 Å². The standard InChI is InChI=1S/C25H31N3O4/c1-32-20-11-9-18(10-12-20)15-26-24(30)21-16-28(19-7-3-2-4-8-19)17-22(23(21)29)25(31)27-13-5-6-14-27/h9-12,16-17,19H,2-8,13-15H2,1H3,(H,26,30). The molecule has 1 aliphatic carbocycles. The maximum Gasteiger partial charge on any atom is 0.259 e. The third-order valence-corrected chi connectivity index (χ3v) is 6.52. The lowest BCUT2D eigenvalue weighted by atomic mass is 9.95. The second-order valence-electron chi connectivity index (χ2n) is 8.68. The van der Waals surface area contributed by atoms with Crippen molar-refractivity contribution in [2.45, 2.75) is 57.5 Å². The quantitative estimate of drug-likeness (QED) is 0.750. The summed E-state index contributed by atoms with van der Waals surface area (Å²) in [4.78, 5) is 41.0. The molecule has 2 amide bonds. The van der Waals surface area contributed by atoms with Crippen LogP contribution in [0.15, 0.2) is 41.5 Å². The SMILES string of the molecule is COc1ccc(CNC(=O)c2cn(C3CCCCC3)cc(C(=O)N3CCCC3)c2=O)cc1. The van der Waals surface area contributed by atoms with Crippen molar-refractivity contribution in [1.29, 1.82) is 0 Å². The Kier molecular flexibility index (Phi) is 6.93. The summed E-state index contributed by atoms with van der Waals surface area (Å²) in [5, 5.41) is 2.84. The first-order valence-corrected chi connectivity index (χ1v) is 11.5. The van der Waals surface area contributed by atoms with Gasteiger partial charge in [0.2, 0.25) is 5.43 Å². The molecule has 1 N–H and O–H groups in total. The molecule has 0 bridgehead atoms. The molecule has 32 heavy (non-hydrogen) atoms. The Balaban J connectivity index is 1.61. The van der Waals surface area contributed by atoms with E-state index in [1.54, 1.807) is 24.4 Å². The Morgan fingerprint density at radius 3 is 2.28 bits per heavy atom. The van der Waals surface area contributed by atoms with Crippen molar-refractivity contribution in [2.75, 3.05) is 20.2 Å². The number of hydrogen-bond donors (Lipinski definition) is 1. The topological polar surface area (TPSA) is 80.6 Å². The van der Waals surface area contributed by atoms with Crippen LogP contribution >= 0.6 is 0 Å². The van der Waals surface area contributed by atoms with Crippen molar-refractivity contribution >= 4 is 11.8 Å². The Hall–Kier alpha value is -3.09. The summed E-state index contributed by atoms with van der Waals surface area (Å²) in [5.74, 6) is 0.0249. The van der Waals surface area contributed by atoms with Gasteiger partial charge in [0, 0.05) is 38.1 Å².